The number of esters is 1. The summed E-state index contributed by atoms with van der Waals surface area (Å²) >= 11 is 5.82. The maximum absolute atomic E-state index is 12.2. The molecule has 0 radical (unpaired) electrons. The number of ether oxygens (including phenoxy) is 1. The van der Waals surface area contributed by atoms with Gasteiger partial charge in [0, 0.05) is 22.3 Å². The maximum Gasteiger partial charge on any atom is 0.367 e. The molecule has 2 aromatic rings. The summed E-state index contributed by atoms with van der Waals surface area (Å²) in [5.74, 6) is -0.473. The van der Waals surface area contributed by atoms with Crippen LogP contribution in [0.5, 0.6) is 5.75 Å². The number of likely N-dealkylation sites (N-methyl/N-ethyl adjacent to an activating group) is 1. The minimum Gasteiger partial charge on any atom is -0.422 e. The first-order valence-corrected chi connectivity index (χ1v) is 9.59. The molecule has 0 aromatic heterocycles. The highest BCUT2D eigenvalue weighted by Crippen LogP contribution is 2.17. The van der Waals surface area contributed by atoms with Gasteiger partial charge in [-0.3, -0.25) is 9.59 Å². The molecular formula is C21H25ClN3O4+. The zero-order valence-corrected chi connectivity index (χ0v) is 17.4. The number of rotatable bonds is 8. The van der Waals surface area contributed by atoms with Crippen LogP contribution in [-0.2, 0) is 9.59 Å². The summed E-state index contributed by atoms with van der Waals surface area (Å²) in [6.07, 6.45) is 0. The first-order chi connectivity index (χ1) is 13.7. The van der Waals surface area contributed by atoms with Crippen LogP contribution in [0.3, 0.4) is 0 Å². The lowest BCUT2D eigenvalue weighted by Gasteiger charge is -2.14. The number of halogens is 1. The smallest absolute Gasteiger partial charge is 0.367 e. The lowest BCUT2D eigenvalue weighted by atomic mass is 10.2. The van der Waals surface area contributed by atoms with Gasteiger partial charge in [0.2, 0.25) is 0 Å². The van der Waals surface area contributed by atoms with Gasteiger partial charge in [-0.1, -0.05) is 11.6 Å². The molecule has 0 aliphatic rings. The van der Waals surface area contributed by atoms with Crippen LogP contribution in [0.4, 0.5) is 5.69 Å². The number of nitrogens with one attached hydrogen (secondary N) is 3. The molecule has 0 saturated heterocycles. The molecule has 8 heteroatoms. The fraction of sp³-hybridized carbons (Fsp3) is 0.286. The van der Waals surface area contributed by atoms with E-state index >= 15 is 0 Å². The van der Waals surface area contributed by atoms with Crippen molar-refractivity contribution in [2.45, 2.75) is 19.9 Å². The molecule has 0 fully saturated rings. The second-order valence-electron chi connectivity index (χ2n) is 6.99. The summed E-state index contributed by atoms with van der Waals surface area (Å²) in [4.78, 5) is 36.7. The van der Waals surface area contributed by atoms with Gasteiger partial charge < -0.3 is 20.3 Å². The topological polar surface area (TPSA) is 88.9 Å². The Labute approximate surface area is 175 Å². The summed E-state index contributed by atoms with van der Waals surface area (Å²) in [6.45, 7) is 4.00. The summed E-state index contributed by atoms with van der Waals surface area (Å²) in [7, 11) is 1.75. The van der Waals surface area contributed by atoms with Crippen LogP contribution in [0.15, 0.2) is 48.5 Å². The quantitative estimate of drug-likeness (QED) is 0.448. The van der Waals surface area contributed by atoms with Crippen LogP contribution < -0.4 is 20.3 Å². The van der Waals surface area contributed by atoms with E-state index in [1.807, 2.05) is 13.8 Å². The Morgan fingerprint density at radius 1 is 1.00 bits per heavy atom. The summed E-state index contributed by atoms with van der Waals surface area (Å²) in [5, 5.41) is 6.09. The van der Waals surface area contributed by atoms with Gasteiger partial charge in [-0.2, -0.15) is 0 Å². The minimum absolute atomic E-state index is 0.0561. The normalized spacial score (nSPS) is 11.6. The first kappa shape index (κ1) is 22.4. The average Bonchev–Trinajstić information content (AvgIpc) is 2.62. The van der Waals surface area contributed by atoms with Crippen LogP contribution in [-0.4, -0.2) is 44.0 Å². The molecule has 1 unspecified atom stereocenters. The van der Waals surface area contributed by atoms with Crippen LogP contribution in [0.25, 0.3) is 0 Å². The Kier molecular flexibility index (Phi) is 8.18. The van der Waals surface area contributed by atoms with Crippen molar-refractivity contribution in [2.75, 3.05) is 25.5 Å². The van der Waals surface area contributed by atoms with Gasteiger partial charge in [0.05, 0.1) is 7.05 Å². The third-order valence-electron chi connectivity index (χ3n) is 3.81. The Balaban J connectivity index is 1.83. The predicted molar refractivity (Wildman–Crippen MR) is 111 cm³/mol. The third-order valence-corrected chi connectivity index (χ3v) is 4.06. The van der Waals surface area contributed by atoms with Crippen molar-refractivity contribution >= 4 is 35.1 Å². The van der Waals surface area contributed by atoms with Gasteiger partial charge in [0.15, 0.2) is 13.1 Å². The van der Waals surface area contributed by atoms with Crippen molar-refractivity contribution in [3.63, 3.8) is 0 Å². The Morgan fingerprint density at radius 2 is 1.62 bits per heavy atom. The van der Waals surface area contributed by atoms with E-state index in [1.54, 1.807) is 55.6 Å². The number of quaternary nitrogens is 1. The molecule has 154 valence electrons. The summed E-state index contributed by atoms with van der Waals surface area (Å²) < 4.78 is 5.29. The van der Waals surface area contributed by atoms with Crippen LogP contribution >= 0.6 is 11.6 Å². The molecule has 1 atom stereocenters. The lowest BCUT2D eigenvalue weighted by Crippen LogP contribution is -3.11. The summed E-state index contributed by atoms with van der Waals surface area (Å²) in [6, 6.07) is 13.1. The average molecular weight is 419 g/mol. The van der Waals surface area contributed by atoms with Gasteiger partial charge in [-0.15, -0.1) is 0 Å². The number of amides is 2. The number of hydrogen-bond donors (Lipinski definition) is 3. The highest BCUT2D eigenvalue weighted by Gasteiger charge is 2.16. The molecular weight excluding hydrogens is 394 g/mol. The van der Waals surface area contributed by atoms with E-state index in [0.29, 0.717) is 22.0 Å². The number of anilines is 1. The molecule has 0 saturated carbocycles. The van der Waals surface area contributed by atoms with E-state index in [9.17, 15) is 14.4 Å². The molecule has 3 N–H and O–H groups in total. The molecule has 0 bridgehead atoms. The lowest BCUT2D eigenvalue weighted by molar-refractivity contribution is -0.863. The fourth-order valence-electron chi connectivity index (χ4n) is 2.53. The second-order valence-corrected chi connectivity index (χ2v) is 7.43. The van der Waals surface area contributed by atoms with Crippen molar-refractivity contribution in [1.82, 2.24) is 5.32 Å². The van der Waals surface area contributed by atoms with Gasteiger partial charge in [0.1, 0.15) is 5.75 Å². The third kappa shape index (κ3) is 7.93. The van der Waals surface area contributed by atoms with Gasteiger partial charge in [-0.25, -0.2) is 4.79 Å². The van der Waals surface area contributed by atoms with Crippen molar-refractivity contribution in [3.8, 4) is 5.75 Å². The van der Waals surface area contributed by atoms with E-state index in [0.717, 1.165) is 4.90 Å². The van der Waals surface area contributed by atoms with Crippen LogP contribution in [0.2, 0.25) is 5.02 Å². The maximum atomic E-state index is 12.2. The monoisotopic (exact) mass is 418 g/mol. The zero-order chi connectivity index (χ0) is 21.4. The second kappa shape index (κ2) is 10.6. The first-order valence-electron chi connectivity index (χ1n) is 9.21. The standard InChI is InChI=1S/C21H24ClN3O4/c1-14(2)23-19(26)12-25(3)13-20(27)29-18-10-8-17(9-11-18)24-21(28)15-4-6-16(22)7-5-15/h4-11,14H,12-13H2,1-3H3,(H,23,26)(H,24,28)/p+1. The van der Waals surface area contributed by atoms with E-state index in [1.165, 1.54) is 0 Å². The molecule has 0 aliphatic heterocycles. The van der Waals surface area contributed by atoms with Crippen molar-refractivity contribution in [2.24, 2.45) is 0 Å². The zero-order valence-electron chi connectivity index (χ0n) is 16.6. The molecule has 2 rings (SSSR count). The molecule has 0 aliphatic carbocycles. The van der Waals surface area contributed by atoms with E-state index in [-0.39, 0.29) is 30.9 Å². The highest BCUT2D eigenvalue weighted by molar-refractivity contribution is 6.30. The largest absolute Gasteiger partial charge is 0.422 e. The Hall–Kier alpha value is -2.90. The summed E-state index contributed by atoms with van der Waals surface area (Å²) in [5.41, 5.74) is 1.05. The van der Waals surface area contributed by atoms with Gasteiger partial charge in [-0.05, 0) is 62.4 Å². The number of carbonyl (C=O) groups excluding carboxylic acids is 3. The Morgan fingerprint density at radius 3 is 2.21 bits per heavy atom. The van der Waals surface area contributed by atoms with E-state index in [4.69, 9.17) is 16.3 Å². The number of carbonyl (C=O) groups is 3. The fourth-order valence-corrected chi connectivity index (χ4v) is 2.66. The highest BCUT2D eigenvalue weighted by atomic mass is 35.5. The van der Waals surface area contributed by atoms with Crippen molar-refractivity contribution in [1.29, 1.82) is 0 Å². The SMILES string of the molecule is CC(C)NC(=O)C[NH+](C)CC(=O)Oc1ccc(NC(=O)c2ccc(Cl)cc2)cc1. The molecule has 0 spiro atoms. The molecule has 7 nitrogen and oxygen atoms in total. The Bertz CT molecular complexity index is 851. The van der Waals surface area contributed by atoms with Crippen molar-refractivity contribution < 1.29 is 24.0 Å². The molecule has 2 aromatic carbocycles. The van der Waals surface area contributed by atoms with Crippen molar-refractivity contribution in [3.05, 3.63) is 59.1 Å². The molecule has 0 heterocycles. The predicted octanol–water partition coefficient (Wildman–Crippen LogP) is 1.54. The molecule has 29 heavy (non-hydrogen) atoms. The number of benzene rings is 2. The van der Waals surface area contributed by atoms with Crippen LogP contribution in [0.1, 0.15) is 24.2 Å². The van der Waals surface area contributed by atoms with Gasteiger partial charge in [0.25, 0.3) is 11.8 Å². The van der Waals surface area contributed by atoms with Gasteiger partial charge >= 0.3 is 5.97 Å². The number of hydrogen-bond acceptors (Lipinski definition) is 4. The van der Waals surface area contributed by atoms with E-state index < -0.39 is 5.97 Å². The van der Waals surface area contributed by atoms with Crippen LogP contribution in [0, 0.1) is 0 Å². The van der Waals surface area contributed by atoms with E-state index in [2.05, 4.69) is 10.6 Å². The minimum atomic E-state index is -0.446. The molecule has 2 amide bonds.